The molecule has 0 radical (unpaired) electrons. The summed E-state index contributed by atoms with van der Waals surface area (Å²) in [5.74, 6) is -2.63. The number of hydrogen-bond acceptors (Lipinski definition) is 3. The minimum absolute atomic E-state index is 0.0305. The number of halogens is 7. The maximum absolute atomic E-state index is 13.7. The molecule has 1 atom stereocenters. The Morgan fingerprint density at radius 3 is 2.14 bits per heavy atom. The van der Waals surface area contributed by atoms with Crippen LogP contribution >= 0.6 is 50.7 Å². The molecule has 2 rings (SSSR count). The molecule has 1 unspecified atom stereocenters. The van der Waals surface area contributed by atoms with Gasteiger partial charge in [0.25, 0.3) is 5.91 Å². The first kappa shape index (κ1) is 29.3. The molecule has 0 aliphatic heterocycles. The van der Waals surface area contributed by atoms with E-state index < -0.39 is 29.7 Å². The highest BCUT2D eigenvalue weighted by atomic mass is 79.9. The van der Waals surface area contributed by atoms with Gasteiger partial charge in [0, 0.05) is 11.5 Å². The van der Waals surface area contributed by atoms with Gasteiger partial charge in [-0.3, -0.25) is 10.2 Å². The van der Waals surface area contributed by atoms with Crippen molar-refractivity contribution < 1.29 is 27.5 Å². The normalized spacial score (nSPS) is 13.0. The average molecular weight is 617 g/mol. The van der Waals surface area contributed by atoms with Gasteiger partial charge >= 0.3 is 12.3 Å². The standard InChI is InChI=1S/C23H21BrCl3F3N2O3/c1-22(2,3)35-21(34)32(4)31-20(33)14-7-5-12(9-16(14)24)6-8-15(23(28,29)30)13-10-17(25)19(27)18(26)11-13/h5-11,15H,1-4H3,(H,31,33)/b8-6+. The van der Waals surface area contributed by atoms with Crippen molar-refractivity contribution in [1.29, 1.82) is 0 Å². The number of carbonyl (C=O) groups excluding carboxylic acids is 2. The summed E-state index contributed by atoms with van der Waals surface area (Å²) < 4.78 is 46.7. The lowest BCUT2D eigenvalue weighted by Gasteiger charge is -2.25. The first-order valence-electron chi connectivity index (χ1n) is 9.96. The molecular weight excluding hydrogens is 596 g/mol. The van der Waals surface area contributed by atoms with E-state index in [2.05, 4.69) is 21.4 Å². The quantitative estimate of drug-likeness (QED) is 0.278. The zero-order valence-electron chi connectivity index (χ0n) is 18.9. The number of nitrogens with one attached hydrogen (secondary N) is 1. The lowest BCUT2D eigenvalue weighted by molar-refractivity contribution is -0.139. The molecule has 0 heterocycles. The minimum Gasteiger partial charge on any atom is -0.442 e. The number of alkyl halides is 3. The van der Waals surface area contributed by atoms with Crippen LogP contribution in [0.4, 0.5) is 18.0 Å². The lowest BCUT2D eigenvalue weighted by atomic mass is 9.97. The van der Waals surface area contributed by atoms with E-state index in [9.17, 15) is 22.8 Å². The van der Waals surface area contributed by atoms with E-state index >= 15 is 0 Å². The van der Waals surface area contributed by atoms with Crippen molar-refractivity contribution in [2.45, 2.75) is 38.5 Å². The molecular formula is C23H21BrCl3F3N2O3. The van der Waals surface area contributed by atoms with Crippen molar-refractivity contribution in [2.75, 3.05) is 7.05 Å². The van der Waals surface area contributed by atoms with Gasteiger partial charge in [-0.2, -0.15) is 13.2 Å². The van der Waals surface area contributed by atoms with Gasteiger partial charge in [-0.15, -0.1) is 0 Å². The first-order valence-corrected chi connectivity index (χ1v) is 11.9. The molecule has 0 saturated heterocycles. The first-order chi connectivity index (χ1) is 16.0. The second-order valence-electron chi connectivity index (χ2n) is 8.40. The van der Waals surface area contributed by atoms with E-state index in [0.29, 0.717) is 10.0 Å². The van der Waals surface area contributed by atoms with Gasteiger partial charge < -0.3 is 4.74 Å². The molecule has 0 aromatic heterocycles. The number of hydrogen-bond donors (Lipinski definition) is 1. The van der Waals surface area contributed by atoms with Gasteiger partial charge in [-0.05, 0) is 72.1 Å². The number of amides is 2. The molecule has 35 heavy (non-hydrogen) atoms. The Bertz CT molecular complexity index is 1130. The third-order valence-corrected chi connectivity index (χ3v) is 6.23. The fourth-order valence-electron chi connectivity index (χ4n) is 2.78. The molecule has 0 aliphatic carbocycles. The fraction of sp³-hybridized carbons (Fsp3) is 0.304. The number of ether oxygens (including phenoxy) is 1. The summed E-state index contributed by atoms with van der Waals surface area (Å²) in [4.78, 5) is 24.6. The average Bonchev–Trinajstić information content (AvgIpc) is 2.69. The number of hydrazine groups is 1. The highest BCUT2D eigenvalue weighted by molar-refractivity contribution is 9.10. The minimum atomic E-state index is -4.62. The molecule has 2 amide bonds. The molecule has 12 heteroatoms. The van der Waals surface area contributed by atoms with E-state index in [0.717, 1.165) is 23.2 Å². The maximum atomic E-state index is 13.7. The Hall–Kier alpha value is -1.94. The summed E-state index contributed by atoms with van der Waals surface area (Å²) in [5, 5.41) is 0.680. The number of benzene rings is 2. The molecule has 0 fully saturated rings. The van der Waals surface area contributed by atoms with Crippen molar-refractivity contribution >= 4 is 68.8 Å². The Kier molecular flexibility index (Phi) is 9.55. The van der Waals surface area contributed by atoms with Crippen LogP contribution in [0.15, 0.2) is 40.9 Å². The molecule has 2 aromatic rings. The van der Waals surface area contributed by atoms with E-state index in [1.807, 2.05) is 0 Å². The molecule has 5 nitrogen and oxygen atoms in total. The third kappa shape index (κ3) is 8.31. The van der Waals surface area contributed by atoms with Gasteiger partial charge in [0.1, 0.15) is 5.60 Å². The van der Waals surface area contributed by atoms with Gasteiger partial charge in [0.2, 0.25) is 0 Å². The van der Waals surface area contributed by atoms with Crippen molar-refractivity contribution in [3.63, 3.8) is 0 Å². The molecule has 0 spiro atoms. The van der Waals surface area contributed by atoms with Crippen molar-refractivity contribution in [1.82, 2.24) is 10.4 Å². The summed E-state index contributed by atoms with van der Waals surface area (Å²) in [6, 6.07) is 6.55. The Balaban J connectivity index is 2.24. The van der Waals surface area contributed by atoms with Gasteiger partial charge in [-0.1, -0.05) is 53.0 Å². The van der Waals surface area contributed by atoms with E-state index in [1.54, 1.807) is 20.8 Å². The van der Waals surface area contributed by atoms with Gasteiger partial charge in [0.15, 0.2) is 0 Å². The van der Waals surface area contributed by atoms with Crippen LogP contribution in [0.1, 0.15) is 48.2 Å². The second-order valence-corrected chi connectivity index (χ2v) is 10.4. The lowest BCUT2D eigenvalue weighted by Crippen LogP contribution is -2.45. The summed E-state index contributed by atoms with van der Waals surface area (Å²) >= 11 is 20.9. The number of carbonyl (C=O) groups is 2. The largest absolute Gasteiger partial charge is 0.442 e. The summed E-state index contributed by atoms with van der Waals surface area (Å²) in [5.41, 5.74) is 1.99. The van der Waals surface area contributed by atoms with E-state index in [1.165, 1.54) is 31.3 Å². The van der Waals surface area contributed by atoms with Gasteiger partial charge in [-0.25, -0.2) is 9.80 Å². The molecule has 2 aromatic carbocycles. The van der Waals surface area contributed by atoms with E-state index in [4.69, 9.17) is 39.5 Å². The fourth-order valence-corrected chi connectivity index (χ4v) is 3.97. The van der Waals surface area contributed by atoms with Crippen molar-refractivity contribution in [3.8, 4) is 0 Å². The second kappa shape index (κ2) is 11.4. The topological polar surface area (TPSA) is 58.6 Å². The van der Waals surface area contributed by atoms with Crippen LogP contribution in [0.3, 0.4) is 0 Å². The summed E-state index contributed by atoms with van der Waals surface area (Å²) in [6.07, 6.45) is -3.18. The van der Waals surface area contributed by atoms with Crippen molar-refractivity contribution in [2.24, 2.45) is 0 Å². The van der Waals surface area contributed by atoms with Crippen LogP contribution in [0.5, 0.6) is 0 Å². The molecule has 1 N–H and O–H groups in total. The molecule has 0 aliphatic rings. The number of nitrogens with zero attached hydrogens (tertiary/aromatic N) is 1. The Morgan fingerprint density at radius 1 is 1.09 bits per heavy atom. The predicted octanol–water partition coefficient (Wildman–Crippen LogP) is 8.28. The number of allylic oxidation sites excluding steroid dienone is 1. The smallest absolute Gasteiger partial charge is 0.428 e. The highest BCUT2D eigenvalue weighted by Gasteiger charge is 2.39. The van der Waals surface area contributed by atoms with Crippen LogP contribution in [-0.2, 0) is 4.74 Å². The summed E-state index contributed by atoms with van der Waals surface area (Å²) in [6.45, 7) is 5.05. The van der Waals surface area contributed by atoms with E-state index in [-0.39, 0.29) is 26.2 Å². The van der Waals surface area contributed by atoms with Crippen LogP contribution in [0.2, 0.25) is 15.1 Å². The predicted molar refractivity (Wildman–Crippen MR) is 135 cm³/mol. The monoisotopic (exact) mass is 614 g/mol. The SMILES string of the molecule is CN(NC(=O)c1ccc(/C=C/C(c2cc(Cl)c(Cl)c(Cl)c2)C(F)(F)F)cc1Br)C(=O)OC(C)(C)C. The van der Waals surface area contributed by atoms with Crippen LogP contribution in [-0.4, -0.2) is 35.8 Å². The van der Waals surface area contributed by atoms with Gasteiger partial charge in [0.05, 0.1) is 26.5 Å². The molecule has 190 valence electrons. The zero-order valence-corrected chi connectivity index (χ0v) is 22.8. The highest BCUT2D eigenvalue weighted by Crippen LogP contribution is 2.41. The molecule has 0 bridgehead atoms. The van der Waals surface area contributed by atoms with Crippen LogP contribution in [0, 0.1) is 0 Å². The van der Waals surface area contributed by atoms with Crippen LogP contribution in [0.25, 0.3) is 6.08 Å². The zero-order chi connectivity index (χ0) is 26.7. The maximum Gasteiger partial charge on any atom is 0.428 e. The molecule has 0 saturated carbocycles. The Labute approximate surface area is 224 Å². The van der Waals surface area contributed by atoms with Crippen molar-refractivity contribution in [3.05, 3.63) is 72.6 Å². The van der Waals surface area contributed by atoms with Crippen LogP contribution < -0.4 is 5.43 Å². The third-order valence-electron chi connectivity index (χ3n) is 4.37. The number of rotatable bonds is 4. The summed E-state index contributed by atoms with van der Waals surface area (Å²) in [7, 11) is 1.32. The Morgan fingerprint density at radius 2 is 1.66 bits per heavy atom.